The van der Waals surface area contributed by atoms with Gasteiger partial charge in [-0.2, -0.15) is 0 Å². The summed E-state index contributed by atoms with van der Waals surface area (Å²) in [6.07, 6.45) is 0.207. The van der Waals surface area contributed by atoms with Crippen LogP contribution in [0.15, 0.2) is 24.3 Å². The molecule has 0 aromatic heterocycles. The lowest BCUT2D eigenvalue weighted by Gasteiger charge is -2.14. The number of nitrogens with one attached hydrogen (secondary N) is 1. The second-order valence-electron chi connectivity index (χ2n) is 5.12. The van der Waals surface area contributed by atoms with Crippen molar-refractivity contribution in [3.8, 4) is 0 Å². The molecule has 1 amide bonds. The Morgan fingerprint density at radius 2 is 1.80 bits per heavy atom. The lowest BCUT2D eigenvalue weighted by Crippen LogP contribution is -2.40. The van der Waals surface area contributed by atoms with Crippen molar-refractivity contribution in [3.63, 3.8) is 0 Å². The van der Waals surface area contributed by atoms with Crippen molar-refractivity contribution in [1.29, 1.82) is 0 Å². The predicted molar refractivity (Wildman–Crippen MR) is 78.6 cm³/mol. The Kier molecular flexibility index (Phi) is 6.52. The fraction of sp³-hybridized carbons (Fsp3) is 0.467. The molecule has 0 saturated heterocycles. The summed E-state index contributed by atoms with van der Waals surface area (Å²) in [4.78, 5) is 23.4. The molecule has 1 rings (SSSR count). The average molecular weight is 298 g/mol. The SMILES string of the molecule is CC(C)COC(=O)[C@H](C)NC(=O)Cc1ccc(Cl)cc1. The van der Waals surface area contributed by atoms with E-state index < -0.39 is 12.0 Å². The first-order valence-electron chi connectivity index (χ1n) is 6.59. The molecule has 0 aliphatic carbocycles. The van der Waals surface area contributed by atoms with E-state index in [9.17, 15) is 9.59 Å². The van der Waals surface area contributed by atoms with Gasteiger partial charge in [-0.3, -0.25) is 4.79 Å². The molecule has 0 fully saturated rings. The molecule has 0 bridgehead atoms. The number of ether oxygens (including phenoxy) is 1. The molecule has 20 heavy (non-hydrogen) atoms. The summed E-state index contributed by atoms with van der Waals surface area (Å²) in [7, 11) is 0. The van der Waals surface area contributed by atoms with Crippen molar-refractivity contribution in [1.82, 2.24) is 5.32 Å². The van der Waals surface area contributed by atoms with Crippen LogP contribution in [0.4, 0.5) is 0 Å². The van der Waals surface area contributed by atoms with Gasteiger partial charge in [0.05, 0.1) is 13.0 Å². The van der Waals surface area contributed by atoms with Gasteiger partial charge < -0.3 is 10.1 Å². The molecule has 1 N–H and O–H groups in total. The molecule has 0 aliphatic rings. The number of carbonyl (C=O) groups excluding carboxylic acids is 2. The minimum Gasteiger partial charge on any atom is -0.464 e. The normalized spacial score (nSPS) is 12.1. The Bertz CT molecular complexity index is 457. The van der Waals surface area contributed by atoms with E-state index in [2.05, 4.69) is 5.32 Å². The second kappa shape index (κ2) is 7.90. The van der Waals surface area contributed by atoms with E-state index in [0.29, 0.717) is 11.6 Å². The molecule has 1 aromatic carbocycles. The standard InChI is InChI=1S/C15H20ClNO3/c1-10(2)9-20-15(19)11(3)17-14(18)8-12-4-6-13(16)7-5-12/h4-7,10-11H,8-9H2,1-3H3,(H,17,18)/t11-/m0/s1. The van der Waals surface area contributed by atoms with Gasteiger partial charge in [0.2, 0.25) is 5.91 Å². The number of rotatable bonds is 6. The van der Waals surface area contributed by atoms with Crippen molar-refractivity contribution in [3.05, 3.63) is 34.9 Å². The first-order valence-corrected chi connectivity index (χ1v) is 6.96. The largest absolute Gasteiger partial charge is 0.464 e. The molecule has 0 saturated carbocycles. The average Bonchev–Trinajstić information content (AvgIpc) is 2.38. The highest BCUT2D eigenvalue weighted by molar-refractivity contribution is 6.30. The second-order valence-corrected chi connectivity index (χ2v) is 5.55. The molecule has 1 atom stereocenters. The van der Waals surface area contributed by atoms with E-state index >= 15 is 0 Å². The quantitative estimate of drug-likeness (QED) is 0.821. The topological polar surface area (TPSA) is 55.4 Å². The fourth-order valence-corrected chi connectivity index (χ4v) is 1.64. The van der Waals surface area contributed by atoms with Crippen LogP contribution in [-0.4, -0.2) is 24.5 Å². The third-order valence-electron chi connectivity index (χ3n) is 2.57. The molecular formula is C15H20ClNO3. The van der Waals surface area contributed by atoms with Gasteiger partial charge in [0, 0.05) is 5.02 Å². The summed E-state index contributed by atoms with van der Waals surface area (Å²) in [5.74, 6) is -0.361. The molecule has 5 heteroatoms. The van der Waals surface area contributed by atoms with E-state index in [0.717, 1.165) is 5.56 Å². The summed E-state index contributed by atoms with van der Waals surface area (Å²) in [6, 6.07) is 6.37. The summed E-state index contributed by atoms with van der Waals surface area (Å²) in [5, 5.41) is 3.24. The Morgan fingerprint density at radius 1 is 1.20 bits per heavy atom. The summed E-state index contributed by atoms with van der Waals surface area (Å²) in [6.45, 7) is 5.88. The van der Waals surface area contributed by atoms with Gasteiger partial charge in [-0.1, -0.05) is 37.6 Å². The van der Waals surface area contributed by atoms with Crippen molar-refractivity contribution >= 4 is 23.5 Å². The zero-order chi connectivity index (χ0) is 15.1. The molecule has 0 unspecified atom stereocenters. The minimum atomic E-state index is -0.645. The lowest BCUT2D eigenvalue weighted by atomic mass is 10.1. The Morgan fingerprint density at radius 3 is 2.35 bits per heavy atom. The van der Waals surface area contributed by atoms with Crippen LogP contribution in [-0.2, 0) is 20.7 Å². The van der Waals surface area contributed by atoms with Gasteiger partial charge in [0.15, 0.2) is 0 Å². The minimum absolute atomic E-state index is 0.207. The maximum Gasteiger partial charge on any atom is 0.328 e. The van der Waals surface area contributed by atoms with Crippen molar-refractivity contribution in [2.75, 3.05) is 6.61 Å². The van der Waals surface area contributed by atoms with Crippen molar-refractivity contribution in [2.24, 2.45) is 5.92 Å². The van der Waals surface area contributed by atoms with Crippen LogP contribution in [0.25, 0.3) is 0 Å². The van der Waals surface area contributed by atoms with Crippen LogP contribution in [0.5, 0.6) is 0 Å². The third-order valence-corrected chi connectivity index (χ3v) is 2.82. The zero-order valence-corrected chi connectivity index (χ0v) is 12.7. The molecular weight excluding hydrogens is 278 g/mol. The molecule has 0 aliphatic heterocycles. The van der Waals surface area contributed by atoms with Crippen LogP contribution in [0.2, 0.25) is 5.02 Å². The van der Waals surface area contributed by atoms with Crippen LogP contribution < -0.4 is 5.32 Å². The first-order chi connectivity index (χ1) is 9.38. The maximum atomic E-state index is 11.8. The Balaban J connectivity index is 2.41. The highest BCUT2D eigenvalue weighted by atomic mass is 35.5. The Labute approximate surface area is 124 Å². The van der Waals surface area contributed by atoms with Gasteiger partial charge in [-0.25, -0.2) is 4.79 Å². The maximum absolute atomic E-state index is 11.8. The summed E-state index contributed by atoms with van der Waals surface area (Å²) >= 11 is 5.77. The third kappa shape index (κ3) is 6.06. The van der Waals surface area contributed by atoms with E-state index in [1.54, 1.807) is 31.2 Å². The smallest absolute Gasteiger partial charge is 0.328 e. The van der Waals surface area contributed by atoms with Gasteiger partial charge in [0.25, 0.3) is 0 Å². The van der Waals surface area contributed by atoms with Gasteiger partial charge in [-0.15, -0.1) is 0 Å². The number of benzene rings is 1. The molecule has 0 heterocycles. The fourth-order valence-electron chi connectivity index (χ4n) is 1.51. The van der Waals surface area contributed by atoms with Crippen LogP contribution in [0, 0.1) is 5.92 Å². The lowest BCUT2D eigenvalue weighted by molar-refractivity contribution is -0.148. The molecule has 110 valence electrons. The van der Waals surface area contributed by atoms with Crippen LogP contribution >= 0.6 is 11.6 Å². The van der Waals surface area contributed by atoms with E-state index in [1.807, 2.05) is 13.8 Å². The predicted octanol–water partition coefficient (Wildman–Crippen LogP) is 2.59. The summed E-state index contributed by atoms with van der Waals surface area (Å²) < 4.78 is 5.06. The number of hydrogen-bond acceptors (Lipinski definition) is 3. The van der Waals surface area contributed by atoms with Crippen LogP contribution in [0.1, 0.15) is 26.3 Å². The van der Waals surface area contributed by atoms with E-state index in [4.69, 9.17) is 16.3 Å². The van der Waals surface area contributed by atoms with E-state index in [1.165, 1.54) is 0 Å². The number of carbonyl (C=O) groups is 2. The molecule has 1 aromatic rings. The van der Waals surface area contributed by atoms with E-state index in [-0.39, 0.29) is 18.2 Å². The number of amides is 1. The van der Waals surface area contributed by atoms with Crippen molar-refractivity contribution < 1.29 is 14.3 Å². The number of hydrogen-bond donors (Lipinski definition) is 1. The first kappa shape index (κ1) is 16.5. The summed E-state index contributed by atoms with van der Waals surface area (Å²) in [5.41, 5.74) is 0.842. The molecule has 4 nitrogen and oxygen atoms in total. The highest BCUT2D eigenvalue weighted by Crippen LogP contribution is 2.09. The molecule has 0 spiro atoms. The van der Waals surface area contributed by atoms with Gasteiger partial charge >= 0.3 is 5.97 Å². The van der Waals surface area contributed by atoms with Crippen LogP contribution in [0.3, 0.4) is 0 Å². The Hall–Kier alpha value is -1.55. The monoisotopic (exact) mass is 297 g/mol. The van der Waals surface area contributed by atoms with Gasteiger partial charge in [0.1, 0.15) is 6.04 Å². The number of esters is 1. The molecule has 0 radical (unpaired) electrons. The van der Waals surface area contributed by atoms with Gasteiger partial charge in [-0.05, 0) is 30.5 Å². The zero-order valence-electron chi connectivity index (χ0n) is 12.0. The van der Waals surface area contributed by atoms with Crippen molar-refractivity contribution in [2.45, 2.75) is 33.2 Å². The highest BCUT2D eigenvalue weighted by Gasteiger charge is 2.17. The number of halogens is 1.